The van der Waals surface area contributed by atoms with Crippen LogP contribution in [0.1, 0.15) is 367 Å². The summed E-state index contributed by atoms with van der Waals surface area (Å²) in [7, 11) is 0. The summed E-state index contributed by atoms with van der Waals surface area (Å²) >= 11 is 0. The first-order valence-corrected chi connectivity index (χ1v) is 36.1. The largest absolute Gasteiger partial charge is 0.462 e. The molecule has 0 radical (unpaired) electrons. The molecule has 6 nitrogen and oxygen atoms in total. The van der Waals surface area contributed by atoms with Gasteiger partial charge >= 0.3 is 17.9 Å². The smallest absolute Gasteiger partial charge is 0.306 e. The molecule has 0 aromatic rings. The van der Waals surface area contributed by atoms with Crippen LogP contribution in [0.4, 0.5) is 0 Å². The minimum absolute atomic E-state index is 0.0872. The number of rotatable bonds is 66. The molecule has 6 heteroatoms. The van der Waals surface area contributed by atoms with Crippen molar-refractivity contribution in [3.8, 4) is 0 Å². The van der Waals surface area contributed by atoms with Crippen LogP contribution in [0.25, 0.3) is 0 Å². The lowest BCUT2D eigenvalue weighted by Crippen LogP contribution is -2.30. The lowest BCUT2D eigenvalue weighted by molar-refractivity contribution is -0.167. The maximum Gasteiger partial charge on any atom is 0.306 e. The molecule has 83 heavy (non-hydrogen) atoms. The van der Waals surface area contributed by atoms with Crippen molar-refractivity contribution in [2.45, 2.75) is 374 Å². The first-order chi connectivity index (χ1) is 41.0. The lowest BCUT2D eigenvalue weighted by Gasteiger charge is -2.18. The van der Waals surface area contributed by atoms with Gasteiger partial charge in [0, 0.05) is 19.3 Å². The molecule has 0 aromatic carbocycles. The van der Waals surface area contributed by atoms with Crippen LogP contribution >= 0.6 is 0 Å². The molecular weight excluding hydrogens is 1020 g/mol. The molecule has 0 aromatic heterocycles. The predicted molar refractivity (Wildman–Crippen MR) is 362 cm³/mol. The van der Waals surface area contributed by atoms with E-state index in [1.807, 2.05) is 0 Å². The van der Waals surface area contributed by atoms with E-state index < -0.39 is 6.10 Å². The maximum absolute atomic E-state index is 12.9. The molecule has 0 aliphatic carbocycles. The molecule has 0 heterocycles. The van der Waals surface area contributed by atoms with Crippen LogP contribution in [0, 0.1) is 0 Å². The zero-order valence-electron chi connectivity index (χ0n) is 55.2. The normalized spacial score (nSPS) is 12.6. The standard InChI is InChI=1S/C77H136O6/c1-4-7-10-13-16-19-22-24-26-28-30-32-34-35-36-37-38-39-40-41-42-44-45-47-49-51-53-55-58-61-64-67-70-76(79)82-73-74(72-81-75(78)69-66-63-60-57-21-18-15-12-9-6-3)83-77(80)71-68-65-62-59-56-54-52-50-48-46-43-33-31-29-27-25-23-20-17-14-11-8-5-2/h8,11-12,15,17,20,25,27,31,33,46,48,52,54,74H,4-7,9-10,13-14,16,18-19,21-24,26,28-30,32,34-45,47,49-51,53,55-73H2,1-3H3/b11-8-,15-12-,20-17-,27-25-,33-31-,48-46-,54-52-. The van der Waals surface area contributed by atoms with Crippen LogP contribution in [0.5, 0.6) is 0 Å². The van der Waals surface area contributed by atoms with Crippen LogP contribution in [-0.4, -0.2) is 37.2 Å². The number of hydrogen-bond acceptors (Lipinski definition) is 6. The van der Waals surface area contributed by atoms with E-state index in [9.17, 15) is 14.4 Å². The van der Waals surface area contributed by atoms with Gasteiger partial charge in [0.25, 0.3) is 0 Å². The Morgan fingerprint density at radius 1 is 0.253 bits per heavy atom. The summed E-state index contributed by atoms with van der Waals surface area (Å²) in [6.45, 7) is 6.48. The van der Waals surface area contributed by atoms with Gasteiger partial charge in [-0.1, -0.05) is 343 Å². The van der Waals surface area contributed by atoms with Gasteiger partial charge in [0.05, 0.1) is 0 Å². The van der Waals surface area contributed by atoms with Crippen molar-refractivity contribution in [2.24, 2.45) is 0 Å². The average molecular weight is 1160 g/mol. The molecule has 0 N–H and O–H groups in total. The van der Waals surface area contributed by atoms with Crippen molar-refractivity contribution in [3.63, 3.8) is 0 Å². The SMILES string of the molecule is CC/C=C\C/C=C\C/C=C\C/C=C\C/C=C\C/C=C\CCCCCCC(=O)OC(COC(=O)CCCCCCC/C=C\CCC)COC(=O)CCCCCCCCCCCCCCCCCCCCCCCCCCCCCCCCCC. The summed E-state index contributed by atoms with van der Waals surface area (Å²) in [4.78, 5) is 38.3. The fraction of sp³-hybridized carbons (Fsp3) is 0.779. The Kier molecular flexibility index (Phi) is 68.2. The van der Waals surface area contributed by atoms with E-state index in [0.29, 0.717) is 19.3 Å². The van der Waals surface area contributed by atoms with E-state index >= 15 is 0 Å². The highest BCUT2D eigenvalue weighted by molar-refractivity contribution is 5.71. The third-order valence-electron chi connectivity index (χ3n) is 15.9. The Hall–Kier alpha value is -3.41. The number of allylic oxidation sites excluding steroid dienone is 14. The molecule has 0 aliphatic rings. The molecule has 480 valence electrons. The number of unbranched alkanes of at least 4 members (excludes halogenated alkanes) is 41. The molecule has 0 bridgehead atoms. The number of esters is 3. The fourth-order valence-corrected chi connectivity index (χ4v) is 10.5. The first kappa shape index (κ1) is 79.6. The van der Waals surface area contributed by atoms with Crippen LogP contribution in [0.3, 0.4) is 0 Å². The fourth-order valence-electron chi connectivity index (χ4n) is 10.5. The third kappa shape index (κ3) is 69.3. The highest BCUT2D eigenvalue weighted by atomic mass is 16.6. The predicted octanol–water partition coefficient (Wildman–Crippen LogP) is 25.0. The van der Waals surface area contributed by atoms with Gasteiger partial charge in [-0.15, -0.1) is 0 Å². The summed E-state index contributed by atoms with van der Waals surface area (Å²) in [5.41, 5.74) is 0. The summed E-state index contributed by atoms with van der Waals surface area (Å²) in [6, 6.07) is 0. The van der Waals surface area contributed by atoms with Crippen LogP contribution in [0.2, 0.25) is 0 Å². The topological polar surface area (TPSA) is 78.9 Å². The molecule has 0 fully saturated rings. The zero-order valence-corrected chi connectivity index (χ0v) is 55.2. The Labute approximate surface area is 515 Å². The second-order valence-corrected chi connectivity index (χ2v) is 24.1. The van der Waals surface area contributed by atoms with Gasteiger partial charge in [0.1, 0.15) is 13.2 Å². The third-order valence-corrected chi connectivity index (χ3v) is 15.9. The second kappa shape index (κ2) is 71.1. The zero-order chi connectivity index (χ0) is 59.9. The maximum atomic E-state index is 12.9. The van der Waals surface area contributed by atoms with Crippen molar-refractivity contribution in [1.29, 1.82) is 0 Å². The van der Waals surface area contributed by atoms with Crippen molar-refractivity contribution < 1.29 is 28.6 Å². The Morgan fingerprint density at radius 3 is 0.795 bits per heavy atom. The summed E-state index contributed by atoms with van der Waals surface area (Å²) < 4.78 is 16.9. The van der Waals surface area contributed by atoms with Gasteiger partial charge in [-0.25, -0.2) is 0 Å². The van der Waals surface area contributed by atoms with Crippen LogP contribution in [-0.2, 0) is 28.6 Å². The van der Waals surface area contributed by atoms with E-state index in [0.717, 1.165) is 128 Å². The summed E-state index contributed by atoms with van der Waals surface area (Å²) in [6.07, 6.45) is 95.0. The molecule has 1 atom stereocenters. The molecule has 0 saturated carbocycles. The van der Waals surface area contributed by atoms with E-state index in [1.165, 1.54) is 199 Å². The number of ether oxygens (including phenoxy) is 3. The van der Waals surface area contributed by atoms with Crippen molar-refractivity contribution in [2.75, 3.05) is 13.2 Å². The molecule has 0 spiro atoms. The Bertz CT molecular complexity index is 1570. The van der Waals surface area contributed by atoms with Gasteiger partial charge < -0.3 is 14.2 Å². The number of carbonyl (C=O) groups is 3. The summed E-state index contributed by atoms with van der Waals surface area (Å²) in [5.74, 6) is -0.908. The van der Waals surface area contributed by atoms with E-state index in [2.05, 4.69) is 106 Å². The van der Waals surface area contributed by atoms with Gasteiger partial charge in [-0.3, -0.25) is 14.4 Å². The number of carbonyl (C=O) groups excluding carboxylic acids is 3. The molecule has 0 saturated heterocycles. The molecule has 0 aliphatic heterocycles. The Morgan fingerprint density at radius 2 is 0.494 bits per heavy atom. The quantitative estimate of drug-likeness (QED) is 0.0261. The van der Waals surface area contributed by atoms with E-state index in [4.69, 9.17) is 14.2 Å². The first-order valence-electron chi connectivity index (χ1n) is 36.1. The van der Waals surface area contributed by atoms with Gasteiger partial charge in [0.2, 0.25) is 0 Å². The second-order valence-electron chi connectivity index (χ2n) is 24.1. The Balaban J connectivity index is 4.15. The van der Waals surface area contributed by atoms with E-state index in [1.54, 1.807) is 0 Å². The monoisotopic (exact) mass is 1160 g/mol. The average Bonchev–Trinajstić information content (AvgIpc) is 3.48. The molecule has 1 unspecified atom stereocenters. The summed E-state index contributed by atoms with van der Waals surface area (Å²) in [5, 5.41) is 0. The number of hydrogen-bond donors (Lipinski definition) is 0. The van der Waals surface area contributed by atoms with Crippen molar-refractivity contribution >= 4 is 17.9 Å². The highest BCUT2D eigenvalue weighted by Gasteiger charge is 2.19. The van der Waals surface area contributed by atoms with Crippen molar-refractivity contribution in [3.05, 3.63) is 85.1 Å². The molecule has 0 rings (SSSR count). The molecular formula is C77H136O6. The van der Waals surface area contributed by atoms with Crippen LogP contribution < -0.4 is 0 Å². The minimum atomic E-state index is -0.794. The highest BCUT2D eigenvalue weighted by Crippen LogP contribution is 2.18. The van der Waals surface area contributed by atoms with E-state index in [-0.39, 0.29) is 31.1 Å². The van der Waals surface area contributed by atoms with Crippen molar-refractivity contribution in [1.82, 2.24) is 0 Å². The van der Waals surface area contributed by atoms with Crippen LogP contribution in [0.15, 0.2) is 85.1 Å². The van der Waals surface area contributed by atoms with Gasteiger partial charge in [-0.2, -0.15) is 0 Å². The lowest BCUT2D eigenvalue weighted by atomic mass is 10.0. The molecule has 0 amide bonds. The van der Waals surface area contributed by atoms with Gasteiger partial charge in [0.15, 0.2) is 6.10 Å². The minimum Gasteiger partial charge on any atom is -0.462 e. The van der Waals surface area contributed by atoms with Gasteiger partial charge in [-0.05, 0) is 89.9 Å².